The highest BCUT2D eigenvalue weighted by Gasteiger charge is 2.11. The van der Waals surface area contributed by atoms with Crippen LogP contribution >= 0.6 is 39.9 Å². The molecule has 1 heterocycles. The second-order valence-electron chi connectivity index (χ2n) is 3.14. The van der Waals surface area contributed by atoms with Crippen molar-refractivity contribution in [2.45, 2.75) is 23.6 Å². The van der Waals surface area contributed by atoms with Gasteiger partial charge >= 0.3 is 0 Å². The highest BCUT2D eigenvalue weighted by Crippen LogP contribution is 2.36. The van der Waals surface area contributed by atoms with E-state index in [2.05, 4.69) is 53.7 Å². The van der Waals surface area contributed by atoms with Crippen molar-refractivity contribution in [1.29, 1.82) is 0 Å². The third kappa shape index (κ3) is 1.62. The molecule has 0 nitrogen and oxygen atoms in total. The number of halogens is 1. The molecule has 2 rings (SSSR count). The molecule has 0 aliphatic rings. The number of aryl methyl sites for hydroxylation is 1. The van der Waals surface area contributed by atoms with Gasteiger partial charge in [-0.1, -0.05) is 28.9 Å². The van der Waals surface area contributed by atoms with E-state index in [0.717, 1.165) is 16.6 Å². The van der Waals surface area contributed by atoms with Gasteiger partial charge in [-0.25, -0.2) is 0 Å². The smallest absolute Gasteiger partial charge is 0.0360 e. The van der Waals surface area contributed by atoms with Crippen molar-refractivity contribution in [2.75, 3.05) is 0 Å². The number of alkyl halides is 1. The van der Waals surface area contributed by atoms with Gasteiger partial charge in [-0.2, -0.15) is 0 Å². The minimum absolute atomic E-state index is 0.924. The first-order valence-corrected chi connectivity index (χ1v) is 6.94. The zero-order valence-electron chi connectivity index (χ0n) is 7.88. The second-order valence-corrected chi connectivity index (χ2v) is 5.32. The van der Waals surface area contributed by atoms with E-state index in [1.807, 2.05) is 11.3 Å². The Labute approximate surface area is 102 Å². The van der Waals surface area contributed by atoms with Crippen molar-refractivity contribution in [3.8, 4) is 0 Å². The molecule has 0 fully saturated rings. The maximum atomic E-state index is 4.51. The number of thiol groups is 1. The molecular weight excluding hydrogens is 276 g/mol. The van der Waals surface area contributed by atoms with Crippen LogP contribution in [-0.2, 0) is 11.8 Å². The van der Waals surface area contributed by atoms with Crippen molar-refractivity contribution in [2.24, 2.45) is 0 Å². The maximum Gasteiger partial charge on any atom is 0.0360 e. The van der Waals surface area contributed by atoms with Gasteiger partial charge in [0, 0.05) is 25.2 Å². The molecule has 0 aliphatic carbocycles. The number of rotatable bonds is 2. The van der Waals surface area contributed by atoms with Gasteiger partial charge in [-0.3, -0.25) is 0 Å². The van der Waals surface area contributed by atoms with Crippen molar-refractivity contribution in [1.82, 2.24) is 0 Å². The largest absolute Gasteiger partial charge is 0.143 e. The SMILES string of the molecule is CCc1sc2cccc(S)c2c1CBr. The summed E-state index contributed by atoms with van der Waals surface area (Å²) in [6.07, 6.45) is 1.10. The van der Waals surface area contributed by atoms with E-state index < -0.39 is 0 Å². The molecule has 0 aliphatic heterocycles. The van der Waals surface area contributed by atoms with Gasteiger partial charge in [-0.05, 0) is 24.1 Å². The zero-order valence-corrected chi connectivity index (χ0v) is 11.2. The Morgan fingerprint density at radius 1 is 1.43 bits per heavy atom. The van der Waals surface area contributed by atoms with Gasteiger partial charge in [0.25, 0.3) is 0 Å². The van der Waals surface area contributed by atoms with Crippen LogP contribution in [0.25, 0.3) is 10.1 Å². The number of thiophene rings is 1. The van der Waals surface area contributed by atoms with Crippen LogP contribution in [0.1, 0.15) is 17.4 Å². The lowest BCUT2D eigenvalue weighted by molar-refractivity contribution is 1.16. The molecule has 14 heavy (non-hydrogen) atoms. The summed E-state index contributed by atoms with van der Waals surface area (Å²) in [4.78, 5) is 2.56. The number of hydrogen-bond donors (Lipinski definition) is 1. The summed E-state index contributed by atoms with van der Waals surface area (Å²) in [5.41, 5.74) is 1.41. The first-order valence-electron chi connectivity index (χ1n) is 4.56. The molecule has 74 valence electrons. The van der Waals surface area contributed by atoms with Crippen molar-refractivity contribution < 1.29 is 0 Å². The quantitative estimate of drug-likeness (QED) is 0.603. The topological polar surface area (TPSA) is 0 Å². The molecule has 1 aromatic heterocycles. The Morgan fingerprint density at radius 3 is 2.86 bits per heavy atom. The van der Waals surface area contributed by atoms with E-state index in [9.17, 15) is 0 Å². The van der Waals surface area contributed by atoms with Gasteiger partial charge in [0.1, 0.15) is 0 Å². The normalized spacial score (nSPS) is 11.1. The summed E-state index contributed by atoms with van der Waals surface area (Å²) in [5.74, 6) is 0. The first kappa shape index (κ1) is 10.5. The zero-order chi connectivity index (χ0) is 10.1. The van der Waals surface area contributed by atoms with E-state index >= 15 is 0 Å². The Balaban J connectivity index is 2.81. The second kappa shape index (κ2) is 4.25. The average Bonchev–Trinajstić information content (AvgIpc) is 2.56. The van der Waals surface area contributed by atoms with Crippen molar-refractivity contribution in [3.05, 3.63) is 28.6 Å². The van der Waals surface area contributed by atoms with E-state index in [-0.39, 0.29) is 0 Å². The minimum atomic E-state index is 0.924. The van der Waals surface area contributed by atoms with Crippen molar-refractivity contribution in [3.63, 3.8) is 0 Å². The van der Waals surface area contributed by atoms with Crippen LogP contribution in [-0.4, -0.2) is 0 Å². The van der Waals surface area contributed by atoms with Crippen LogP contribution in [0.3, 0.4) is 0 Å². The fourth-order valence-electron chi connectivity index (χ4n) is 1.67. The molecule has 0 spiro atoms. The summed E-state index contributed by atoms with van der Waals surface area (Å²) in [6.45, 7) is 2.20. The number of benzene rings is 1. The standard InChI is InChI=1S/C11H11BrS2/c1-2-9-7(6-12)11-8(13)4-3-5-10(11)14-9/h3-5,13H,2,6H2,1H3. The van der Waals surface area contributed by atoms with Gasteiger partial charge in [0.15, 0.2) is 0 Å². The Kier molecular flexibility index (Phi) is 3.20. The molecular formula is C11H11BrS2. The van der Waals surface area contributed by atoms with Crippen LogP contribution in [0.2, 0.25) is 0 Å². The molecule has 1 aromatic carbocycles. The first-order chi connectivity index (χ1) is 6.77. The van der Waals surface area contributed by atoms with Crippen LogP contribution in [0.4, 0.5) is 0 Å². The highest BCUT2D eigenvalue weighted by atomic mass is 79.9. The Morgan fingerprint density at radius 2 is 2.21 bits per heavy atom. The third-order valence-corrected chi connectivity index (χ3v) is 4.61. The van der Waals surface area contributed by atoms with E-state index in [1.54, 1.807) is 0 Å². The summed E-state index contributed by atoms with van der Waals surface area (Å²) in [7, 11) is 0. The lowest BCUT2D eigenvalue weighted by Gasteiger charge is -1.99. The third-order valence-electron chi connectivity index (χ3n) is 2.33. The molecule has 0 bridgehead atoms. The number of fused-ring (bicyclic) bond motifs is 1. The molecule has 3 heteroatoms. The van der Waals surface area contributed by atoms with Gasteiger partial charge in [-0.15, -0.1) is 24.0 Å². The lowest BCUT2D eigenvalue weighted by atomic mass is 10.1. The van der Waals surface area contributed by atoms with E-state index in [1.165, 1.54) is 20.5 Å². The summed E-state index contributed by atoms with van der Waals surface area (Å²) >= 11 is 9.95. The van der Waals surface area contributed by atoms with Crippen LogP contribution in [0.15, 0.2) is 23.1 Å². The predicted octanol–water partition coefficient (Wildman–Crippen LogP) is 4.65. The molecule has 0 atom stereocenters. The maximum absolute atomic E-state index is 4.51. The fourth-order valence-corrected chi connectivity index (χ4v) is 4.08. The molecule has 0 saturated carbocycles. The van der Waals surface area contributed by atoms with Gasteiger partial charge in [0.05, 0.1) is 0 Å². The molecule has 0 radical (unpaired) electrons. The number of hydrogen-bond acceptors (Lipinski definition) is 2. The van der Waals surface area contributed by atoms with Crippen LogP contribution < -0.4 is 0 Å². The Bertz CT molecular complexity index is 460. The van der Waals surface area contributed by atoms with Crippen molar-refractivity contribution >= 4 is 50.0 Å². The van der Waals surface area contributed by atoms with Gasteiger partial charge < -0.3 is 0 Å². The molecule has 0 saturated heterocycles. The van der Waals surface area contributed by atoms with Crippen LogP contribution in [0.5, 0.6) is 0 Å². The van der Waals surface area contributed by atoms with E-state index in [0.29, 0.717) is 0 Å². The molecule has 0 N–H and O–H groups in total. The summed E-state index contributed by atoms with van der Waals surface area (Å²) in [5, 5.41) is 2.25. The molecule has 0 unspecified atom stereocenters. The molecule has 0 amide bonds. The molecule has 2 aromatic rings. The Hall–Kier alpha value is 0.01000. The summed E-state index contributed by atoms with van der Waals surface area (Å²) in [6, 6.07) is 6.30. The monoisotopic (exact) mass is 286 g/mol. The van der Waals surface area contributed by atoms with Crippen LogP contribution in [0, 0.1) is 0 Å². The van der Waals surface area contributed by atoms with E-state index in [4.69, 9.17) is 0 Å². The predicted molar refractivity (Wildman–Crippen MR) is 71.1 cm³/mol. The average molecular weight is 287 g/mol. The lowest BCUT2D eigenvalue weighted by Crippen LogP contribution is -1.82. The van der Waals surface area contributed by atoms with Gasteiger partial charge in [0.2, 0.25) is 0 Å². The summed E-state index contributed by atoms with van der Waals surface area (Å²) < 4.78 is 1.35. The minimum Gasteiger partial charge on any atom is -0.143 e. The highest BCUT2D eigenvalue weighted by molar-refractivity contribution is 9.08. The fraction of sp³-hybridized carbons (Fsp3) is 0.273.